The summed E-state index contributed by atoms with van der Waals surface area (Å²) >= 11 is 0. The summed E-state index contributed by atoms with van der Waals surface area (Å²) in [4.78, 5) is 1.76. The lowest BCUT2D eigenvalue weighted by molar-refractivity contribution is -0.137. The lowest BCUT2D eigenvalue weighted by Crippen LogP contribution is -2.38. The SMILES string of the molecule is N#Cc1ccc(C(F)(F)F)c(N2CCC(C3CCCO3)CC2)c1. The smallest absolute Gasteiger partial charge is 0.378 e. The topological polar surface area (TPSA) is 36.3 Å². The van der Waals surface area contributed by atoms with E-state index >= 15 is 0 Å². The van der Waals surface area contributed by atoms with E-state index in [2.05, 4.69) is 0 Å². The minimum atomic E-state index is -4.41. The van der Waals surface area contributed by atoms with Gasteiger partial charge in [0, 0.05) is 19.7 Å². The van der Waals surface area contributed by atoms with Crippen molar-refractivity contribution < 1.29 is 17.9 Å². The fourth-order valence-electron chi connectivity index (χ4n) is 3.59. The normalized spacial score (nSPS) is 23.0. The molecule has 3 nitrogen and oxygen atoms in total. The van der Waals surface area contributed by atoms with Crippen LogP contribution < -0.4 is 4.90 Å². The van der Waals surface area contributed by atoms with Crippen LogP contribution in [-0.4, -0.2) is 25.8 Å². The Hall–Kier alpha value is -1.74. The Morgan fingerprint density at radius 3 is 2.48 bits per heavy atom. The Kier molecular flexibility index (Phi) is 4.49. The second-order valence-electron chi connectivity index (χ2n) is 6.22. The number of hydrogen-bond donors (Lipinski definition) is 0. The molecule has 0 aliphatic carbocycles. The summed E-state index contributed by atoms with van der Waals surface area (Å²) in [6.07, 6.45) is -0.341. The number of nitrogens with zero attached hydrogens (tertiary/aromatic N) is 2. The molecule has 1 unspecified atom stereocenters. The zero-order chi connectivity index (χ0) is 16.4. The highest BCUT2D eigenvalue weighted by Gasteiger charge is 2.36. The van der Waals surface area contributed by atoms with Crippen molar-refractivity contribution in [3.05, 3.63) is 29.3 Å². The molecule has 3 rings (SSSR count). The fraction of sp³-hybridized carbons (Fsp3) is 0.588. The summed E-state index contributed by atoms with van der Waals surface area (Å²) in [6, 6.07) is 5.52. The van der Waals surface area contributed by atoms with Crippen molar-refractivity contribution in [1.82, 2.24) is 0 Å². The molecule has 2 saturated heterocycles. The second-order valence-corrected chi connectivity index (χ2v) is 6.22. The largest absolute Gasteiger partial charge is 0.418 e. The summed E-state index contributed by atoms with van der Waals surface area (Å²) in [5, 5.41) is 8.97. The second kappa shape index (κ2) is 6.40. The monoisotopic (exact) mass is 324 g/mol. The summed E-state index contributed by atoms with van der Waals surface area (Å²) in [5.41, 5.74) is -0.274. The molecule has 1 aromatic rings. The van der Waals surface area contributed by atoms with E-state index in [9.17, 15) is 13.2 Å². The molecule has 2 fully saturated rings. The lowest BCUT2D eigenvalue weighted by atomic mass is 9.89. The van der Waals surface area contributed by atoms with Gasteiger partial charge >= 0.3 is 6.18 Å². The first-order valence-electron chi connectivity index (χ1n) is 7.97. The van der Waals surface area contributed by atoms with E-state index in [-0.39, 0.29) is 17.4 Å². The zero-order valence-corrected chi connectivity index (χ0v) is 12.8. The van der Waals surface area contributed by atoms with Gasteiger partial charge in [-0.25, -0.2) is 0 Å². The van der Waals surface area contributed by atoms with Crippen molar-refractivity contribution in [2.75, 3.05) is 24.6 Å². The van der Waals surface area contributed by atoms with Crippen molar-refractivity contribution in [1.29, 1.82) is 5.26 Å². The number of halogens is 3. The van der Waals surface area contributed by atoms with Gasteiger partial charge in [-0.2, -0.15) is 18.4 Å². The molecule has 6 heteroatoms. The highest BCUT2D eigenvalue weighted by Crippen LogP contribution is 2.39. The van der Waals surface area contributed by atoms with Crippen molar-refractivity contribution in [2.45, 2.75) is 38.0 Å². The van der Waals surface area contributed by atoms with Crippen LogP contribution in [0.1, 0.15) is 36.8 Å². The molecule has 23 heavy (non-hydrogen) atoms. The first-order chi connectivity index (χ1) is 11.0. The van der Waals surface area contributed by atoms with Gasteiger partial charge in [-0.15, -0.1) is 0 Å². The van der Waals surface area contributed by atoms with Crippen LogP contribution in [0.25, 0.3) is 0 Å². The third-order valence-corrected chi connectivity index (χ3v) is 4.80. The average molecular weight is 324 g/mol. The lowest BCUT2D eigenvalue weighted by Gasteiger charge is -2.37. The van der Waals surface area contributed by atoms with E-state index in [1.807, 2.05) is 6.07 Å². The molecule has 0 radical (unpaired) electrons. The average Bonchev–Trinajstić information content (AvgIpc) is 3.08. The number of nitriles is 1. The Morgan fingerprint density at radius 1 is 1.17 bits per heavy atom. The van der Waals surface area contributed by atoms with E-state index in [0.29, 0.717) is 19.0 Å². The van der Waals surface area contributed by atoms with Crippen LogP contribution in [0, 0.1) is 17.2 Å². The van der Waals surface area contributed by atoms with Gasteiger partial charge in [0.1, 0.15) is 0 Å². The van der Waals surface area contributed by atoms with Gasteiger partial charge in [0.25, 0.3) is 0 Å². The molecular weight excluding hydrogens is 305 g/mol. The fourth-order valence-corrected chi connectivity index (χ4v) is 3.59. The molecule has 0 N–H and O–H groups in total. The molecule has 2 aliphatic heterocycles. The molecule has 0 spiro atoms. The van der Waals surface area contributed by atoms with Gasteiger partial charge in [0.2, 0.25) is 0 Å². The van der Waals surface area contributed by atoms with Crippen LogP contribution in [0.15, 0.2) is 18.2 Å². The Balaban J connectivity index is 1.78. The molecule has 1 aromatic carbocycles. The van der Waals surface area contributed by atoms with E-state index in [1.54, 1.807) is 4.90 Å². The van der Waals surface area contributed by atoms with Crippen LogP contribution in [0.4, 0.5) is 18.9 Å². The maximum atomic E-state index is 13.2. The van der Waals surface area contributed by atoms with Gasteiger partial charge in [0.05, 0.1) is 29.0 Å². The summed E-state index contributed by atoms with van der Waals surface area (Å²) < 4.78 is 45.4. The third kappa shape index (κ3) is 3.45. The molecule has 2 aliphatic rings. The summed E-state index contributed by atoms with van der Waals surface area (Å²) in [7, 11) is 0. The van der Waals surface area contributed by atoms with Crippen molar-refractivity contribution in [2.24, 2.45) is 5.92 Å². The number of ether oxygens (including phenoxy) is 1. The van der Waals surface area contributed by atoms with Gasteiger partial charge in [-0.05, 0) is 49.8 Å². The number of hydrogen-bond acceptors (Lipinski definition) is 3. The van der Waals surface area contributed by atoms with Gasteiger partial charge in [-0.3, -0.25) is 0 Å². The first kappa shape index (κ1) is 16.1. The number of benzene rings is 1. The number of rotatable bonds is 2. The standard InChI is InChI=1S/C17H19F3N2O/c18-17(19,20)14-4-3-12(11-21)10-15(14)22-7-5-13(6-8-22)16-2-1-9-23-16/h3-4,10,13,16H,1-2,5-9H2. The van der Waals surface area contributed by atoms with Crippen molar-refractivity contribution >= 4 is 5.69 Å². The Labute approximate surface area is 133 Å². The molecule has 124 valence electrons. The van der Waals surface area contributed by atoms with Crippen LogP contribution in [0.3, 0.4) is 0 Å². The zero-order valence-electron chi connectivity index (χ0n) is 12.8. The summed E-state index contributed by atoms with van der Waals surface area (Å²) in [5.74, 6) is 0.433. The van der Waals surface area contributed by atoms with Gasteiger partial charge in [0.15, 0.2) is 0 Å². The van der Waals surface area contributed by atoms with Gasteiger partial charge in [-0.1, -0.05) is 0 Å². The minimum absolute atomic E-state index is 0.127. The van der Waals surface area contributed by atoms with Crippen LogP contribution >= 0.6 is 0 Å². The predicted molar refractivity (Wildman–Crippen MR) is 80.1 cm³/mol. The van der Waals surface area contributed by atoms with Crippen LogP contribution in [0.5, 0.6) is 0 Å². The highest BCUT2D eigenvalue weighted by atomic mass is 19.4. The molecule has 0 amide bonds. The van der Waals surface area contributed by atoms with E-state index < -0.39 is 11.7 Å². The Bertz CT molecular complexity index is 595. The first-order valence-corrected chi connectivity index (χ1v) is 7.97. The van der Waals surface area contributed by atoms with Crippen LogP contribution in [-0.2, 0) is 10.9 Å². The predicted octanol–water partition coefficient (Wildman–Crippen LogP) is 3.97. The number of piperidine rings is 1. The molecule has 0 aromatic heterocycles. The quantitative estimate of drug-likeness (QED) is 0.826. The minimum Gasteiger partial charge on any atom is -0.378 e. The highest BCUT2D eigenvalue weighted by molar-refractivity contribution is 5.59. The molecular formula is C17H19F3N2O. The number of anilines is 1. The van der Waals surface area contributed by atoms with E-state index in [0.717, 1.165) is 38.4 Å². The maximum absolute atomic E-state index is 13.2. The molecule has 1 atom stereocenters. The molecule has 0 bridgehead atoms. The van der Waals surface area contributed by atoms with Crippen LogP contribution in [0.2, 0.25) is 0 Å². The third-order valence-electron chi connectivity index (χ3n) is 4.80. The van der Waals surface area contributed by atoms with Crippen molar-refractivity contribution in [3.8, 4) is 6.07 Å². The van der Waals surface area contributed by atoms with Crippen molar-refractivity contribution in [3.63, 3.8) is 0 Å². The summed E-state index contributed by atoms with van der Waals surface area (Å²) in [6.45, 7) is 1.94. The molecule has 0 saturated carbocycles. The van der Waals surface area contributed by atoms with E-state index in [1.165, 1.54) is 12.1 Å². The Morgan fingerprint density at radius 2 is 1.91 bits per heavy atom. The van der Waals surface area contributed by atoms with E-state index in [4.69, 9.17) is 10.00 Å². The number of alkyl halides is 3. The maximum Gasteiger partial charge on any atom is 0.418 e. The molecule has 2 heterocycles. The van der Waals surface area contributed by atoms with Gasteiger partial charge < -0.3 is 9.64 Å².